The second kappa shape index (κ2) is 12.6. The van der Waals surface area contributed by atoms with Gasteiger partial charge in [-0.1, -0.05) is 25.1 Å². The molecule has 2 fully saturated rings. The number of hydrogen-bond acceptors (Lipinski definition) is 12. The number of benzene rings is 1. The highest BCUT2D eigenvalue weighted by Crippen LogP contribution is 2.48. The van der Waals surface area contributed by atoms with E-state index >= 15 is 0 Å². The highest BCUT2D eigenvalue weighted by atomic mass is 31.2. The molecule has 5 N–H and O–H groups in total. The molecule has 230 valence electrons. The molecule has 3 aromatic rings. The van der Waals surface area contributed by atoms with Gasteiger partial charge in [0, 0.05) is 0 Å². The number of esters is 1. The molecule has 15 heteroatoms. The molecule has 1 aliphatic carbocycles. The summed E-state index contributed by atoms with van der Waals surface area (Å²) in [4.78, 5) is 16.8. The zero-order valence-electron chi connectivity index (χ0n) is 23.8. The number of carbonyl (C=O) groups is 1. The van der Waals surface area contributed by atoms with Crippen LogP contribution in [0.5, 0.6) is 5.75 Å². The summed E-state index contributed by atoms with van der Waals surface area (Å²) in [6.07, 6.45) is -0.248. The van der Waals surface area contributed by atoms with Crippen molar-refractivity contribution in [3.63, 3.8) is 0 Å². The number of ether oxygens (including phenoxy) is 2. The van der Waals surface area contributed by atoms with E-state index in [0.717, 1.165) is 25.7 Å². The molecule has 0 unspecified atom stereocenters. The molecule has 14 nitrogen and oxygen atoms in total. The summed E-state index contributed by atoms with van der Waals surface area (Å²) in [5.41, 5.74) is 4.46. The maximum atomic E-state index is 14.1. The molecule has 0 spiro atoms. The SMILES string of the molecule is CC1CCC(OC(=O)[C@H](C)N[P@](=O)(OC[C@@]2(C#N)O[C@@H](c3ccc4c(N)ncnn34)[C@H](O)[C@@H]2O)Oc2ccccc2)CC1. The third kappa shape index (κ3) is 6.52. The number of para-hydroxylation sites is 1. The summed E-state index contributed by atoms with van der Waals surface area (Å²) in [7, 11) is -4.41. The van der Waals surface area contributed by atoms with Gasteiger partial charge < -0.3 is 29.9 Å². The van der Waals surface area contributed by atoms with Crippen molar-refractivity contribution in [3.05, 3.63) is 54.5 Å². The van der Waals surface area contributed by atoms with Crippen LogP contribution in [0.1, 0.15) is 51.3 Å². The first-order valence-electron chi connectivity index (χ1n) is 14.0. The maximum Gasteiger partial charge on any atom is 0.459 e. The highest BCUT2D eigenvalue weighted by Gasteiger charge is 2.57. The number of hydrogen-bond donors (Lipinski definition) is 4. The van der Waals surface area contributed by atoms with E-state index in [0.29, 0.717) is 17.1 Å². The molecule has 1 aromatic carbocycles. The Morgan fingerprint density at radius 3 is 2.67 bits per heavy atom. The quantitative estimate of drug-likeness (QED) is 0.192. The average Bonchev–Trinajstić information content (AvgIpc) is 3.53. The first-order valence-corrected chi connectivity index (χ1v) is 15.6. The van der Waals surface area contributed by atoms with Crippen LogP contribution in [0.2, 0.25) is 0 Å². The molecule has 2 aromatic heterocycles. The molecular formula is C28H35N6O8P. The number of rotatable bonds is 10. The number of aromatic nitrogens is 3. The van der Waals surface area contributed by atoms with Crippen LogP contribution in [0.15, 0.2) is 48.8 Å². The van der Waals surface area contributed by atoms with Gasteiger partial charge in [-0.3, -0.25) is 9.32 Å². The van der Waals surface area contributed by atoms with E-state index in [1.54, 1.807) is 30.3 Å². The lowest BCUT2D eigenvalue weighted by atomic mass is 9.89. The van der Waals surface area contributed by atoms with Gasteiger partial charge in [-0.05, 0) is 62.8 Å². The number of nitriles is 1. The Labute approximate surface area is 248 Å². The topological polar surface area (TPSA) is 204 Å². The normalized spacial score (nSPS) is 29.4. The van der Waals surface area contributed by atoms with Crippen LogP contribution in [-0.4, -0.2) is 67.3 Å². The number of fused-ring (bicyclic) bond motifs is 1. The lowest BCUT2D eigenvalue weighted by molar-refractivity contribution is -0.152. The Kier molecular flexibility index (Phi) is 9.03. The van der Waals surface area contributed by atoms with E-state index in [1.807, 2.05) is 6.07 Å². The van der Waals surface area contributed by atoms with E-state index in [1.165, 1.54) is 29.9 Å². The van der Waals surface area contributed by atoms with Gasteiger partial charge in [-0.15, -0.1) is 0 Å². The first kappa shape index (κ1) is 30.9. The summed E-state index contributed by atoms with van der Waals surface area (Å²) >= 11 is 0. The van der Waals surface area contributed by atoms with Crippen molar-refractivity contribution < 1.29 is 38.1 Å². The van der Waals surface area contributed by atoms with Gasteiger partial charge in [-0.25, -0.2) is 14.1 Å². The lowest BCUT2D eigenvalue weighted by Crippen LogP contribution is -2.46. The van der Waals surface area contributed by atoms with Crippen molar-refractivity contribution in [3.8, 4) is 11.8 Å². The van der Waals surface area contributed by atoms with Crippen LogP contribution in [0, 0.1) is 17.2 Å². The fourth-order valence-corrected chi connectivity index (χ4v) is 6.79. The second-order valence-electron chi connectivity index (χ2n) is 11.0. The standard InChI is InChI=1S/C28H35N6O8P/c1-17-8-10-19(11-9-17)40-27(37)18(2)33-43(38,42-20-6-4-3-5-7-20)39-15-28(14-29)25(36)23(35)24(41-28)21-12-13-22-26(30)31-16-32-34(21)22/h3-7,12-13,16-19,23-25,35-36H,8-11,15H2,1-2H3,(H,33,38)(H2,30,31,32)/t17?,18-,19?,23-,24-,25-,28+,43-/m0/s1. The van der Waals surface area contributed by atoms with Crippen molar-refractivity contribution in [1.29, 1.82) is 5.26 Å². The molecule has 43 heavy (non-hydrogen) atoms. The summed E-state index contributed by atoms with van der Waals surface area (Å²) < 4.78 is 38.3. The number of carbonyl (C=O) groups excluding carboxylic acids is 1. The molecule has 6 atom stereocenters. The van der Waals surface area contributed by atoms with Crippen molar-refractivity contribution in [2.24, 2.45) is 5.92 Å². The zero-order chi connectivity index (χ0) is 30.8. The van der Waals surface area contributed by atoms with Crippen LogP contribution >= 0.6 is 7.75 Å². The predicted octanol–water partition coefficient (Wildman–Crippen LogP) is 2.67. The van der Waals surface area contributed by atoms with Gasteiger partial charge in [0.1, 0.15) is 60.7 Å². The summed E-state index contributed by atoms with van der Waals surface area (Å²) in [5.74, 6) is 0.276. The minimum Gasteiger partial charge on any atom is -0.461 e. The maximum absolute atomic E-state index is 14.1. The zero-order valence-corrected chi connectivity index (χ0v) is 24.7. The monoisotopic (exact) mass is 614 g/mol. The molecule has 2 aliphatic rings. The second-order valence-corrected chi connectivity index (χ2v) is 12.7. The van der Waals surface area contributed by atoms with Crippen molar-refractivity contribution in [2.45, 2.75) is 75.6 Å². The average molecular weight is 615 g/mol. The van der Waals surface area contributed by atoms with Crippen LogP contribution in [0.3, 0.4) is 0 Å². The van der Waals surface area contributed by atoms with E-state index in [2.05, 4.69) is 22.1 Å². The van der Waals surface area contributed by atoms with Gasteiger partial charge in [-0.2, -0.15) is 15.4 Å². The Morgan fingerprint density at radius 2 is 1.98 bits per heavy atom. The number of nitrogens with one attached hydrogen (secondary N) is 1. The van der Waals surface area contributed by atoms with Gasteiger partial charge in [0.15, 0.2) is 5.82 Å². The number of aliphatic hydroxyl groups is 2. The summed E-state index contributed by atoms with van der Waals surface area (Å²) in [5, 5.41) is 38.8. The van der Waals surface area contributed by atoms with Crippen molar-refractivity contribution in [1.82, 2.24) is 19.7 Å². The lowest BCUT2D eigenvalue weighted by Gasteiger charge is -2.29. The van der Waals surface area contributed by atoms with Gasteiger partial charge in [0.05, 0.1) is 5.69 Å². The van der Waals surface area contributed by atoms with Crippen molar-refractivity contribution >= 4 is 25.1 Å². The fourth-order valence-electron chi connectivity index (χ4n) is 5.27. The van der Waals surface area contributed by atoms with Gasteiger partial charge in [0.2, 0.25) is 5.60 Å². The largest absolute Gasteiger partial charge is 0.461 e. The van der Waals surface area contributed by atoms with Crippen LogP contribution < -0.4 is 15.3 Å². The predicted molar refractivity (Wildman–Crippen MR) is 152 cm³/mol. The van der Waals surface area contributed by atoms with E-state index in [4.69, 9.17) is 24.3 Å². The molecule has 1 saturated heterocycles. The molecular weight excluding hydrogens is 579 g/mol. The Balaban J connectivity index is 1.34. The Bertz CT molecular complexity index is 1520. The highest BCUT2D eigenvalue weighted by molar-refractivity contribution is 7.52. The van der Waals surface area contributed by atoms with E-state index < -0.39 is 50.3 Å². The number of anilines is 1. The molecule has 5 rings (SSSR count). The first-order chi connectivity index (χ1) is 20.5. The number of nitrogens with two attached hydrogens (primary N) is 1. The number of nitrogens with zero attached hydrogens (tertiary/aromatic N) is 4. The Hall–Kier alpha value is -3.57. The number of aliphatic hydroxyl groups excluding tert-OH is 2. The third-order valence-corrected chi connectivity index (χ3v) is 9.43. The van der Waals surface area contributed by atoms with Gasteiger partial charge >= 0.3 is 13.7 Å². The molecule has 1 saturated carbocycles. The minimum atomic E-state index is -4.41. The van der Waals surface area contributed by atoms with Crippen LogP contribution in [-0.2, 0) is 23.4 Å². The minimum absolute atomic E-state index is 0.161. The van der Waals surface area contributed by atoms with Gasteiger partial charge in [0.25, 0.3) is 0 Å². The molecule has 0 radical (unpaired) electrons. The summed E-state index contributed by atoms with van der Waals surface area (Å²) in [6.45, 7) is 2.82. The Morgan fingerprint density at radius 1 is 1.26 bits per heavy atom. The van der Waals surface area contributed by atoms with E-state index in [9.17, 15) is 24.8 Å². The fraction of sp³-hybridized carbons (Fsp3) is 0.500. The molecule has 1 aliphatic heterocycles. The van der Waals surface area contributed by atoms with E-state index in [-0.39, 0.29) is 17.7 Å². The smallest absolute Gasteiger partial charge is 0.459 e. The molecule has 0 amide bonds. The number of nitrogen functional groups attached to an aromatic ring is 1. The van der Waals surface area contributed by atoms with Crippen LogP contribution in [0.25, 0.3) is 5.52 Å². The van der Waals surface area contributed by atoms with Crippen LogP contribution in [0.4, 0.5) is 5.82 Å². The van der Waals surface area contributed by atoms with Crippen molar-refractivity contribution in [2.75, 3.05) is 12.3 Å². The molecule has 0 bridgehead atoms. The molecule has 3 heterocycles. The third-order valence-electron chi connectivity index (χ3n) is 7.81. The summed E-state index contributed by atoms with van der Waals surface area (Å²) in [6, 6.07) is 12.0.